The van der Waals surface area contributed by atoms with Crippen molar-refractivity contribution in [3.05, 3.63) is 162 Å². The van der Waals surface area contributed by atoms with Crippen LogP contribution < -0.4 is 19.7 Å². The molecule has 0 bridgehead atoms. The van der Waals surface area contributed by atoms with Gasteiger partial charge in [0.1, 0.15) is 24.0 Å². The molecule has 0 unspecified atom stereocenters. The van der Waals surface area contributed by atoms with Crippen molar-refractivity contribution < 1.29 is 4.74 Å². The van der Waals surface area contributed by atoms with Crippen LogP contribution >= 0.6 is 0 Å². The second kappa shape index (κ2) is 15.3. The molecule has 0 saturated carbocycles. The lowest BCUT2D eigenvalue weighted by atomic mass is 9.80. The van der Waals surface area contributed by atoms with Crippen LogP contribution in [-0.4, -0.2) is 24.3 Å². The van der Waals surface area contributed by atoms with E-state index in [1.54, 1.807) is 0 Å². The highest BCUT2D eigenvalue weighted by molar-refractivity contribution is 6.88. The summed E-state index contributed by atoms with van der Waals surface area (Å²) in [5.41, 5.74) is 13.3. The number of rotatable bonds is 7. The predicted molar refractivity (Wildman–Crippen MR) is 272 cm³/mol. The molecule has 320 valence electrons. The molecule has 3 heterocycles. The van der Waals surface area contributed by atoms with Crippen LogP contribution in [0.25, 0.3) is 38.8 Å². The van der Waals surface area contributed by atoms with Gasteiger partial charge in [-0.1, -0.05) is 148 Å². The fraction of sp³-hybridized carbons (Fsp3) is 0.281. The largest absolute Gasteiger partial charge is 0.457 e. The smallest absolute Gasteiger partial charge is 0.137 e. The van der Waals surface area contributed by atoms with Crippen molar-refractivity contribution in [3.8, 4) is 28.4 Å². The molecule has 0 radical (unpaired) electrons. The summed E-state index contributed by atoms with van der Waals surface area (Å²) in [4.78, 5) is 9.87. The minimum atomic E-state index is -1.54. The highest BCUT2D eigenvalue weighted by Crippen LogP contribution is 2.47. The summed E-state index contributed by atoms with van der Waals surface area (Å²) in [6, 6.07) is 51.2. The van der Waals surface area contributed by atoms with Crippen LogP contribution in [0.1, 0.15) is 79.0 Å². The van der Waals surface area contributed by atoms with E-state index in [9.17, 15) is 0 Å². The molecule has 63 heavy (non-hydrogen) atoms. The Bertz CT molecular complexity index is 2990. The highest BCUT2D eigenvalue weighted by Gasteiger charge is 2.31. The Morgan fingerprint density at radius 2 is 1.16 bits per heavy atom. The molecule has 8 aromatic rings. The van der Waals surface area contributed by atoms with Crippen LogP contribution in [0.3, 0.4) is 0 Å². The quantitative estimate of drug-likeness (QED) is 0.150. The number of para-hydroxylation sites is 2. The van der Waals surface area contributed by atoms with Crippen LogP contribution in [0.2, 0.25) is 19.6 Å². The van der Waals surface area contributed by atoms with Gasteiger partial charge in [-0.3, -0.25) is 4.57 Å². The number of pyridine rings is 1. The number of aromatic nitrogens is 2. The molecule has 0 saturated heterocycles. The number of hydrogen-bond acceptors (Lipinski definition) is 4. The molecule has 0 aliphatic carbocycles. The van der Waals surface area contributed by atoms with E-state index in [1.807, 2.05) is 6.20 Å². The fourth-order valence-electron chi connectivity index (χ4n) is 8.90. The average molecular weight is 847 g/mol. The van der Waals surface area contributed by atoms with Crippen molar-refractivity contribution >= 4 is 57.8 Å². The Balaban J connectivity index is 1.12. The Labute approximate surface area is 376 Å². The van der Waals surface area contributed by atoms with Gasteiger partial charge < -0.3 is 14.5 Å². The topological polar surface area (TPSA) is 33.5 Å². The molecule has 6 aromatic carbocycles. The van der Waals surface area contributed by atoms with E-state index in [0.29, 0.717) is 6.67 Å². The Morgan fingerprint density at radius 1 is 0.524 bits per heavy atom. The van der Waals surface area contributed by atoms with Gasteiger partial charge in [0.15, 0.2) is 0 Å². The first-order chi connectivity index (χ1) is 29.7. The van der Waals surface area contributed by atoms with Crippen LogP contribution in [0.4, 0.5) is 22.7 Å². The third kappa shape index (κ3) is 8.06. The van der Waals surface area contributed by atoms with Gasteiger partial charge in [-0.05, 0) is 111 Å². The lowest BCUT2D eigenvalue weighted by molar-refractivity contribution is 0.483. The van der Waals surface area contributed by atoms with Crippen molar-refractivity contribution in [2.45, 2.75) is 98.2 Å². The molecule has 6 heteroatoms. The second-order valence-corrected chi connectivity index (χ2v) is 26.6. The molecule has 9 rings (SSSR count). The number of fused-ring (bicyclic) bond motifs is 4. The van der Waals surface area contributed by atoms with E-state index in [0.717, 1.165) is 34.0 Å². The standard InChI is InChI=1S/C57H62N4OSi/c1-55(2,3)39-28-29-58-53(34-39)61-51-25-17-22-47(38-18-15-21-46(30-38)63(10,11)12)54(51)48-27-26-45(36-52(48)61)62-44-20-16-19-42(35-44)59-37-60(50-24-14-13-23-49(50)59)43-32-40(56(4,5)6)31-41(33-43)57(7,8)9/h13-36H,37H2,1-12H3. The summed E-state index contributed by atoms with van der Waals surface area (Å²) in [5.74, 6) is 2.46. The molecule has 2 aromatic heterocycles. The van der Waals surface area contributed by atoms with E-state index in [1.165, 1.54) is 60.8 Å². The highest BCUT2D eigenvalue weighted by atomic mass is 28.3. The molecule has 0 atom stereocenters. The monoisotopic (exact) mass is 846 g/mol. The molecule has 0 amide bonds. The molecule has 1 aliphatic rings. The fourth-order valence-corrected chi connectivity index (χ4v) is 10.1. The van der Waals surface area contributed by atoms with Gasteiger partial charge in [-0.25, -0.2) is 4.98 Å². The van der Waals surface area contributed by atoms with Crippen LogP contribution in [0.15, 0.2) is 146 Å². The van der Waals surface area contributed by atoms with Crippen molar-refractivity contribution in [1.29, 1.82) is 0 Å². The molecule has 0 spiro atoms. The number of nitrogens with zero attached hydrogens (tertiary/aromatic N) is 4. The van der Waals surface area contributed by atoms with Gasteiger partial charge in [-0.2, -0.15) is 0 Å². The summed E-state index contributed by atoms with van der Waals surface area (Å²) < 4.78 is 9.18. The first-order valence-corrected chi connectivity index (χ1v) is 26.0. The summed E-state index contributed by atoms with van der Waals surface area (Å²) in [5, 5.41) is 3.84. The molecule has 5 nitrogen and oxygen atoms in total. The lowest BCUT2D eigenvalue weighted by Gasteiger charge is -2.29. The minimum absolute atomic E-state index is 0.0204. The second-order valence-electron chi connectivity index (χ2n) is 21.6. The number of ether oxygens (including phenoxy) is 1. The van der Waals surface area contributed by atoms with Gasteiger partial charge in [-0.15, -0.1) is 0 Å². The van der Waals surface area contributed by atoms with Crippen molar-refractivity contribution in [3.63, 3.8) is 0 Å². The summed E-state index contributed by atoms with van der Waals surface area (Å²) in [6.45, 7) is 28.5. The number of benzene rings is 6. The van der Waals surface area contributed by atoms with Gasteiger partial charge in [0.05, 0.1) is 30.5 Å². The van der Waals surface area contributed by atoms with Crippen molar-refractivity contribution in [1.82, 2.24) is 9.55 Å². The Morgan fingerprint density at radius 3 is 1.83 bits per heavy atom. The number of hydrogen-bond donors (Lipinski definition) is 0. The van der Waals surface area contributed by atoms with E-state index >= 15 is 0 Å². The van der Waals surface area contributed by atoms with E-state index in [2.05, 4.69) is 236 Å². The van der Waals surface area contributed by atoms with Crippen LogP contribution in [-0.2, 0) is 16.2 Å². The molecule has 0 N–H and O–H groups in total. The molecule has 0 fully saturated rings. The Hall–Kier alpha value is -6.11. The first-order valence-electron chi connectivity index (χ1n) is 22.5. The summed E-state index contributed by atoms with van der Waals surface area (Å²) >= 11 is 0. The van der Waals surface area contributed by atoms with Gasteiger partial charge in [0.2, 0.25) is 0 Å². The third-order valence-corrected chi connectivity index (χ3v) is 14.8. The normalized spacial score (nSPS) is 13.6. The third-order valence-electron chi connectivity index (χ3n) is 12.7. The minimum Gasteiger partial charge on any atom is -0.457 e. The summed E-state index contributed by atoms with van der Waals surface area (Å²) in [6.07, 6.45) is 1.95. The van der Waals surface area contributed by atoms with Crippen molar-refractivity contribution in [2.75, 3.05) is 16.5 Å². The zero-order valence-electron chi connectivity index (χ0n) is 39.3. The molecule has 1 aliphatic heterocycles. The zero-order chi connectivity index (χ0) is 44.6. The maximum atomic E-state index is 6.86. The first kappa shape index (κ1) is 42.2. The maximum Gasteiger partial charge on any atom is 0.137 e. The average Bonchev–Trinajstić information content (AvgIpc) is 3.79. The predicted octanol–water partition coefficient (Wildman–Crippen LogP) is 15.3. The maximum absolute atomic E-state index is 6.86. The van der Waals surface area contributed by atoms with Gasteiger partial charge in [0.25, 0.3) is 0 Å². The summed E-state index contributed by atoms with van der Waals surface area (Å²) in [7, 11) is -1.54. The van der Waals surface area contributed by atoms with Crippen molar-refractivity contribution in [2.24, 2.45) is 0 Å². The van der Waals surface area contributed by atoms with E-state index in [4.69, 9.17) is 9.72 Å². The molecular weight excluding hydrogens is 785 g/mol. The van der Waals surface area contributed by atoms with E-state index < -0.39 is 8.07 Å². The van der Waals surface area contributed by atoms with E-state index in [-0.39, 0.29) is 16.2 Å². The SMILES string of the molecule is CC(C)(C)c1cc(N2CN(c3cccc(Oc4ccc5c6c(-c7cccc([Si](C)(C)C)c7)cccc6n(-c6cc(C(C)(C)C)ccn6)c5c4)c3)c3ccccc32)cc(C(C)(C)C)c1. The molecular formula is C57H62N4OSi. The number of anilines is 4. The lowest BCUT2D eigenvalue weighted by Crippen LogP contribution is -2.37. The van der Waals surface area contributed by atoms with Gasteiger partial charge in [0, 0.05) is 40.5 Å². The zero-order valence-corrected chi connectivity index (χ0v) is 40.3. The Kier molecular flexibility index (Phi) is 10.3. The van der Waals surface area contributed by atoms with Gasteiger partial charge >= 0.3 is 0 Å². The van der Waals surface area contributed by atoms with Crippen LogP contribution in [0, 0.1) is 0 Å². The van der Waals surface area contributed by atoms with Crippen LogP contribution in [0.5, 0.6) is 11.5 Å².